The molecule has 0 aliphatic carbocycles. The molecule has 0 saturated carbocycles. The second-order valence-electron chi connectivity index (χ2n) is 7.14. The first kappa shape index (κ1) is 17.9. The van der Waals surface area contributed by atoms with E-state index in [-0.39, 0.29) is 5.02 Å². The summed E-state index contributed by atoms with van der Waals surface area (Å²) in [7, 11) is 0. The van der Waals surface area contributed by atoms with E-state index in [1.54, 1.807) is 25.3 Å². The van der Waals surface area contributed by atoms with Crippen LogP contribution in [0.2, 0.25) is 5.02 Å². The second kappa shape index (κ2) is 6.58. The van der Waals surface area contributed by atoms with Crippen LogP contribution < -0.4 is 10.2 Å². The van der Waals surface area contributed by atoms with E-state index in [2.05, 4.69) is 20.5 Å². The van der Waals surface area contributed by atoms with Crippen LogP contribution in [-0.4, -0.2) is 39.0 Å². The lowest BCUT2D eigenvalue weighted by molar-refractivity contribution is 0.0305. The quantitative estimate of drug-likeness (QED) is 0.715. The van der Waals surface area contributed by atoms with Crippen molar-refractivity contribution in [1.29, 1.82) is 0 Å². The number of aliphatic hydroxyl groups is 1. The Labute approximate surface area is 161 Å². The number of nitrogens with one attached hydrogen (secondary N) is 1. The molecule has 6 nitrogen and oxygen atoms in total. The fourth-order valence-electron chi connectivity index (χ4n) is 3.27. The van der Waals surface area contributed by atoms with Crippen LogP contribution in [0.4, 0.5) is 16.0 Å². The lowest BCUT2D eigenvalue weighted by Gasteiger charge is -2.45. The van der Waals surface area contributed by atoms with Gasteiger partial charge in [-0.15, -0.1) is 5.10 Å². The molecule has 1 fully saturated rings. The highest BCUT2D eigenvalue weighted by molar-refractivity contribution is 6.31. The minimum Gasteiger partial charge on any atom is -0.386 e. The molecule has 3 aromatic rings. The van der Waals surface area contributed by atoms with Gasteiger partial charge in [0.05, 0.1) is 16.3 Å². The van der Waals surface area contributed by atoms with Gasteiger partial charge in [0.2, 0.25) is 0 Å². The Morgan fingerprint density at radius 3 is 2.81 bits per heavy atom. The van der Waals surface area contributed by atoms with Crippen molar-refractivity contribution in [3.05, 3.63) is 52.6 Å². The molecule has 1 saturated heterocycles. The summed E-state index contributed by atoms with van der Waals surface area (Å²) in [6.45, 7) is 5.06. The molecule has 0 atom stereocenters. The zero-order valence-corrected chi connectivity index (χ0v) is 15.8. The van der Waals surface area contributed by atoms with Crippen molar-refractivity contribution in [3.63, 3.8) is 0 Å². The largest absolute Gasteiger partial charge is 0.386 e. The highest BCUT2D eigenvalue weighted by Gasteiger charge is 2.37. The van der Waals surface area contributed by atoms with Crippen molar-refractivity contribution < 1.29 is 9.50 Å². The standard InChI is InChI=1S/C19H19ClFN5O/c1-11-14-8-22-16(26-9-19(2,27)10-26)6-13(14)18(25-24-11)23-7-12-4-3-5-15(21)17(12)20/h3-6,8,27H,7,9-10H2,1-2H3,(H,23,25). The number of halogens is 2. The summed E-state index contributed by atoms with van der Waals surface area (Å²) in [5.74, 6) is 0.896. The fourth-order valence-corrected chi connectivity index (χ4v) is 3.46. The molecular weight excluding hydrogens is 369 g/mol. The molecule has 1 aromatic carbocycles. The molecule has 8 heteroatoms. The number of aromatic nitrogens is 3. The van der Waals surface area contributed by atoms with Gasteiger partial charge >= 0.3 is 0 Å². The highest BCUT2D eigenvalue weighted by Crippen LogP contribution is 2.31. The summed E-state index contributed by atoms with van der Waals surface area (Å²) in [6.07, 6.45) is 1.77. The Hall–Kier alpha value is -2.51. The van der Waals surface area contributed by atoms with E-state index in [9.17, 15) is 9.50 Å². The number of nitrogens with zero attached hydrogens (tertiary/aromatic N) is 4. The minimum absolute atomic E-state index is 0.0968. The predicted octanol–water partition coefficient (Wildman–Crippen LogP) is 3.31. The number of hydrogen-bond acceptors (Lipinski definition) is 6. The minimum atomic E-state index is -0.682. The first-order chi connectivity index (χ1) is 12.8. The van der Waals surface area contributed by atoms with Crippen LogP contribution in [-0.2, 0) is 6.54 Å². The van der Waals surface area contributed by atoms with Gasteiger partial charge in [-0.05, 0) is 31.5 Å². The molecule has 0 amide bonds. The van der Waals surface area contributed by atoms with Crippen molar-refractivity contribution >= 4 is 34.0 Å². The van der Waals surface area contributed by atoms with Crippen LogP contribution in [0.5, 0.6) is 0 Å². The van der Waals surface area contributed by atoms with Gasteiger partial charge < -0.3 is 15.3 Å². The first-order valence-corrected chi connectivity index (χ1v) is 8.99. The van der Waals surface area contributed by atoms with E-state index >= 15 is 0 Å². The number of benzene rings is 1. The van der Waals surface area contributed by atoms with Crippen molar-refractivity contribution in [1.82, 2.24) is 15.2 Å². The van der Waals surface area contributed by atoms with Gasteiger partial charge in [0.25, 0.3) is 0 Å². The van der Waals surface area contributed by atoms with Gasteiger partial charge in [0.1, 0.15) is 11.6 Å². The number of anilines is 2. The Kier molecular flexibility index (Phi) is 4.36. The third kappa shape index (κ3) is 3.40. The van der Waals surface area contributed by atoms with Gasteiger partial charge in [-0.3, -0.25) is 0 Å². The summed E-state index contributed by atoms with van der Waals surface area (Å²) in [5.41, 5.74) is 0.729. The number of fused-ring (bicyclic) bond motifs is 1. The van der Waals surface area contributed by atoms with Gasteiger partial charge in [-0.1, -0.05) is 23.7 Å². The fraction of sp³-hybridized carbons (Fsp3) is 0.316. The molecule has 140 valence electrons. The molecule has 4 rings (SSSR count). The molecule has 0 spiro atoms. The Balaban J connectivity index is 1.65. The lowest BCUT2D eigenvalue weighted by Crippen LogP contribution is -2.60. The summed E-state index contributed by atoms with van der Waals surface area (Å²) >= 11 is 6.03. The molecule has 0 radical (unpaired) electrons. The number of hydrogen-bond donors (Lipinski definition) is 2. The van der Waals surface area contributed by atoms with Gasteiger partial charge in [0.15, 0.2) is 5.82 Å². The summed E-state index contributed by atoms with van der Waals surface area (Å²) < 4.78 is 13.6. The third-order valence-corrected chi connectivity index (χ3v) is 5.12. The van der Waals surface area contributed by atoms with Crippen molar-refractivity contribution in [3.8, 4) is 0 Å². The number of rotatable bonds is 4. The first-order valence-electron chi connectivity index (χ1n) is 8.61. The smallest absolute Gasteiger partial charge is 0.157 e. The average Bonchev–Trinajstić information content (AvgIpc) is 2.62. The van der Waals surface area contributed by atoms with Crippen LogP contribution in [0.25, 0.3) is 10.8 Å². The van der Waals surface area contributed by atoms with E-state index in [0.717, 1.165) is 22.3 Å². The number of β-amino-alcohol motifs (C(OH)–C–C–N with tert-alkyl or cyclic N) is 1. The van der Waals surface area contributed by atoms with Crippen molar-refractivity contribution in [2.75, 3.05) is 23.3 Å². The van der Waals surface area contributed by atoms with Crippen LogP contribution in [0.3, 0.4) is 0 Å². The molecule has 27 heavy (non-hydrogen) atoms. The van der Waals surface area contributed by atoms with Gasteiger partial charge in [-0.2, -0.15) is 5.10 Å². The summed E-state index contributed by atoms with van der Waals surface area (Å²) in [6, 6.07) is 6.64. The van der Waals surface area contributed by atoms with E-state index in [4.69, 9.17) is 11.6 Å². The van der Waals surface area contributed by atoms with Crippen molar-refractivity contribution in [2.24, 2.45) is 0 Å². The topological polar surface area (TPSA) is 74.2 Å². The molecule has 0 unspecified atom stereocenters. The van der Waals surface area contributed by atoms with E-state index in [1.807, 2.05) is 17.9 Å². The van der Waals surface area contributed by atoms with Crippen LogP contribution in [0.1, 0.15) is 18.2 Å². The number of pyridine rings is 1. The second-order valence-corrected chi connectivity index (χ2v) is 7.52. The molecular formula is C19H19ClFN5O. The highest BCUT2D eigenvalue weighted by atomic mass is 35.5. The maximum absolute atomic E-state index is 13.6. The Morgan fingerprint density at radius 2 is 2.07 bits per heavy atom. The van der Waals surface area contributed by atoms with Gasteiger partial charge in [0, 0.05) is 36.6 Å². The van der Waals surface area contributed by atoms with E-state index < -0.39 is 11.4 Å². The predicted molar refractivity (Wildman–Crippen MR) is 104 cm³/mol. The molecule has 0 bridgehead atoms. The lowest BCUT2D eigenvalue weighted by atomic mass is 9.97. The number of aryl methyl sites for hydroxylation is 1. The van der Waals surface area contributed by atoms with Crippen LogP contribution in [0, 0.1) is 12.7 Å². The molecule has 1 aliphatic heterocycles. The van der Waals surface area contributed by atoms with Crippen LogP contribution >= 0.6 is 11.6 Å². The molecule has 1 aliphatic rings. The zero-order chi connectivity index (χ0) is 19.2. The molecule has 2 aromatic heterocycles. The van der Waals surface area contributed by atoms with Crippen molar-refractivity contribution in [2.45, 2.75) is 26.0 Å². The van der Waals surface area contributed by atoms with Crippen LogP contribution in [0.15, 0.2) is 30.5 Å². The molecule has 3 heterocycles. The Morgan fingerprint density at radius 1 is 1.30 bits per heavy atom. The van der Waals surface area contributed by atoms with E-state index in [0.29, 0.717) is 31.0 Å². The molecule has 2 N–H and O–H groups in total. The average molecular weight is 388 g/mol. The van der Waals surface area contributed by atoms with Gasteiger partial charge in [-0.25, -0.2) is 9.37 Å². The SMILES string of the molecule is Cc1nnc(NCc2cccc(F)c2Cl)c2cc(N3CC(C)(O)C3)ncc12. The monoisotopic (exact) mass is 387 g/mol. The maximum Gasteiger partial charge on any atom is 0.157 e. The maximum atomic E-state index is 13.6. The third-order valence-electron chi connectivity index (χ3n) is 4.70. The summed E-state index contributed by atoms with van der Waals surface area (Å²) in [5, 5.41) is 23.4. The zero-order valence-electron chi connectivity index (χ0n) is 15.0. The normalized spacial score (nSPS) is 15.7. The summed E-state index contributed by atoms with van der Waals surface area (Å²) in [4.78, 5) is 6.49. The van der Waals surface area contributed by atoms with E-state index in [1.165, 1.54) is 6.07 Å². The Bertz CT molecular complexity index is 1020.